The fourth-order valence-corrected chi connectivity index (χ4v) is 1.97. The molecule has 2 rings (SSSR count). The van der Waals surface area contributed by atoms with Crippen LogP contribution in [0.25, 0.3) is 0 Å². The van der Waals surface area contributed by atoms with Gasteiger partial charge in [-0.1, -0.05) is 12.1 Å². The minimum atomic E-state index is 0.354. The molecule has 0 fully saturated rings. The van der Waals surface area contributed by atoms with Crippen molar-refractivity contribution in [1.29, 1.82) is 0 Å². The Hall–Kier alpha value is -1.96. The molecule has 19 heavy (non-hydrogen) atoms. The van der Waals surface area contributed by atoms with Gasteiger partial charge in [-0.3, -0.25) is 0 Å². The molecule has 2 aromatic carbocycles. The zero-order valence-electron chi connectivity index (χ0n) is 12.3. The van der Waals surface area contributed by atoms with Gasteiger partial charge in [0.1, 0.15) is 11.5 Å². The first kappa shape index (κ1) is 15.1. The minimum Gasteiger partial charge on any atom is -0.508 e. The lowest BCUT2D eigenvalue weighted by molar-refractivity contribution is 0.470. The fourth-order valence-electron chi connectivity index (χ4n) is 1.97. The Morgan fingerprint density at radius 2 is 1.11 bits per heavy atom. The number of benzene rings is 2. The Balaban J connectivity index is 0.000000191. The van der Waals surface area contributed by atoms with E-state index in [0.717, 1.165) is 27.8 Å². The van der Waals surface area contributed by atoms with Crippen LogP contribution in [0.2, 0.25) is 0 Å². The summed E-state index contributed by atoms with van der Waals surface area (Å²) in [5, 5.41) is 18.3. The van der Waals surface area contributed by atoms with Gasteiger partial charge in [0.2, 0.25) is 0 Å². The molecule has 2 heteroatoms. The number of rotatable bonds is 0. The summed E-state index contributed by atoms with van der Waals surface area (Å²) in [5.41, 5.74) is 5.45. The van der Waals surface area contributed by atoms with Gasteiger partial charge in [-0.25, -0.2) is 0 Å². The lowest BCUT2D eigenvalue weighted by atomic mass is 10.1. The molecule has 0 unspecified atom stereocenters. The van der Waals surface area contributed by atoms with Crippen LogP contribution in [0.5, 0.6) is 11.5 Å². The third kappa shape index (κ3) is 4.66. The highest BCUT2D eigenvalue weighted by atomic mass is 16.3. The molecule has 0 aliphatic carbocycles. The van der Waals surface area contributed by atoms with E-state index in [2.05, 4.69) is 6.07 Å². The van der Waals surface area contributed by atoms with Crippen LogP contribution in [-0.4, -0.2) is 10.2 Å². The maximum absolute atomic E-state index is 9.28. The van der Waals surface area contributed by atoms with Gasteiger partial charge in [-0.15, -0.1) is 0 Å². The predicted molar refractivity (Wildman–Crippen MR) is 79.9 cm³/mol. The molecule has 102 valence electrons. The molecule has 2 nitrogen and oxygen atoms in total. The summed E-state index contributed by atoms with van der Waals surface area (Å²) < 4.78 is 0. The lowest BCUT2D eigenvalue weighted by Crippen LogP contribution is -1.82. The molecule has 0 aliphatic heterocycles. The van der Waals surface area contributed by atoms with Crippen molar-refractivity contribution in [3.05, 3.63) is 58.1 Å². The van der Waals surface area contributed by atoms with Crippen molar-refractivity contribution < 1.29 is 10.2 Å². The molecule has 0 bridgehead atoms. The van der Waals surface area contributed by atoms with Crippen molar-refractivity contribution in [2.75, 3.05) is 0 Å². The summed E-state index contributed by atoms with van der Waals surface area (Å²) >= 11 is 0. The fraction of sp³-hybridized carbons (Fsp3) is 0.294. The SMILES string of the molecule is Cc1cc(C)c(C)c(O)c1.Cc1cc(C)cc(O)c1. The normalized spacial score (nSPS) is 9.74. The number of aromatic hydroxyl groups is 2. The zero-order valence-corrected chi connectivity index (χ0v) is 12.3. The van der Waals surface area contributed by atoms with E-state index >= 15 is 0 Å². The molecule has 0 aliphatic rings. The Kier molecular flexibility index (Phi) is 4.99. The van der Waals surface area contributed by atoms with Crippen LogP contribution in [-0.2, 0) is 0 Å². The van der Waals surface area contributed by atoms with Crippen LogP contribution in [0.15, 0.2) is 30.3 Å². The smallest absolute Gasteiger partial charge is 0.119 e. The maximum Gasteiger partial charge on any atom is 0.119 e. The van der Waals surface area contributed by atoms with E-state index in [1.165, 1.54) is 0 Å². The highest BCUT2D eigenvalue weighted by molar-refractivity contribution is 5.40. The molecule has 2 N–H and O–H groups in total. The highest BCUT2D eigenvalue weighted by Gasteiger charge is 1.98. The monoisotopic (exact) mass is 258 g/mol. The Labute approximate surface area is 115 Å². The number of phenols is 2. The summed E-state index contributed by atoms with van der Waals surface area (Å²) in [4.78, 5) is 0. The first-order valence-corrected chi connectivity index (χ1v) is 6.33. The van der Waals surface area contributed by atoms with E-state index in [0.29, 0.717) is 11.5 Å². The molecule has 0 aromatic heterocycles. The third-order valence-corrected chi connectivity index (χ3v) is 2.99. The van der Waals surface area contributed by atoms with Gasteiger partial charge in [-0.2, -0.15) is 0 Å². The van der Waals surface area contributed by atoms with Crippen LogP contribution in [0, 0.1) is 34.6 Å². The van der Waals surface area contributed by atoms with E-state index in [1.54, 1.807) is 18.2 Å². The first-order chi connectivity index (χ1) is 8.79. The standard InChI is InChI=1S/C9H12O.C8H10O/c1-6-4-7(2)8(3)9(10)5-6;1-6-3-7(2)5-8(9)4-6/h4-5,10H,1-3H3;3-5,9H,1-2H3. The largest absolute Gasteiger partial charge is 0.508 e. The topological polar surface area (TPSA) is 40.5 Å². The minimum absolute atomic E-state index is 0.354. The van der Waals surface area contributed by atoms with Crippen molar-refractivity contribution in [1.82, 2.24) is 0 Å². The second kappa shape index (κ2) is 6.28. The molecule has 0 atom stereocenters. The molecule has 0 heterocycles. The molecular weight excluding hydrogens is 236 g/mol. The molecule has 0 saturated carbocycles. The molecule has 0 saturated heterocycles. The van der Waals surface area contributed by atoms with E-state index in [-0.39, 0.29) is 0 Å². The van der Waals surface area contributed by atoms with E-state index in [4.69, 9.17) is 5.11 Å². The number of hydrogen-bond acceptors (Lipinski definition) is 2. The van der Waals surface area contributed by atoms with Crippen molar-refractivity contribution >= 4 is 0 Å². The predicted octanol–water partition coefficient (Wildman–Crippen LogP) is 4.33. The number of hydrogen-bond donors (Lipinski definition) is 2. The molecular formula is C17H22O2. The second-order valence-corrected chi connectivity index (χ2v) is 5.07. The van der Waals surface area contributed by atoms with Crippen molar-refractivity contribution in [2.45, 2.75) is 34.6 Å². The second-order valence-electron chi connectivity index (χ2n) is 5.07. The van der Waals surface area contributed by atoms with E-state index in [9.17, 15) is 5.11 Å². The van der Waals surface area contributed by atoms with Gasteiger partial charge >= 0.3 is 0 Å². The van der Waals surface area contributed by atoms with Crippen molar-refractivity contribution in [2.24, 2.45) is 0 Å². The third-order valence-electron chi connectivity index (χ3n) is 2.99. The quantitative estimate of drug-likeness (QED) is 0.738. The van der Waals surface area contributed by atoms with Crippen LogP contribution in [0.1, 0.15) is 27.8 Å². The molecule has 2 aromatic rings. The van der Waals surface area contributed by atoms with E-state index < -0.39 is 0 Å². The summed E-state index contributed by atoms with van der Waals surface area (Å²) in [6.07, 6.45) is 0. The van der Waals surface area contributed by atoms with Gasteiger partial charge in [0.05, 0.1) is 0 Å². The van der Waals surface area contributed by atoms with Crippen molar-refractivity contribution in [3.63, 3.8) is 0 Å². The zero-order chi connectivity index (χ0) is 14.6. The van der Waals surface area contributed by atoms with Crippen LogP contribution in [0.3, 0.4) is 0 Å². The number of aryl methyl sites for hydroxylation is 4. The summed E-state index contributed by atoms with van der Waals surface area (Å²) in [7, 11) is 0. The average Bonchev–Trinajstić information content (AvgIpc) is 2.24. The lowest BCUT2D eigenvalue weighted by Gasteiger charge is -2.03. The number of phenolic OH excluding ortho intramolecular Hbond substituents is 2. The van der Waals surface area contributed by atoms with Gasteiger partial charge in [0, 0.05) is 0 Å². The molecule has 0 amide bonds. The van der Waals surface area contributed by atoms with Gasteiger partial charge in [0.15, 0.2) is 0 Å². The Morgan fingerprint density at radius 1 is 0.632 bits per heavy atom. The Bertz CT molecular complexity index is 498. The van der Waals surface area contributed by atoms with Gasteiger partial charge < -0.3 is 10.2 Å². The van der Waals surface area contributed by atoms with E-state index in [1.807, 2.05) is 40.7 Å². The summed E-state index contributed by atoms with van der Waals surface area (Å²) in [6, 6.07) is 9.36. The molecule has 0 spiro atoms. The molecule has 0 radical (unpaired) electrons. The van der Waals surface area contributed by atoms with Crippen LogP contribution >= 0.6 is 0 Å². The van der Waals surface area contributed by atoms with Crippen LogP contribution in [0.4, 0.5) is 0 Å². The highest BCUT2D eigenvalue weighted by Crippen LogP contribution is 2.20. The Morgan fingerprint density at radius 3 is 1.53 bits per heavy atom. The summed E-state index contributed by atoms with van der Waals surface area (Å²) in [6.45, 7) is 9.83. The first-order valence-electron chi connectivity index (χ1n) is 6.33. The summed E-state index contributed by atoms with van der Waals surface area (Å²) in [5.74, 6) is 0.755. The van der Waals surface area contributed by atoms with Gasteiger partial charge in [-0.05, 0) is 80.6 Å². The van der Waals surface area contributed by atoms with Gasteiger partial charge in [0.25, 0.3) is 0 Å². The van der Waals surface area contributed by atoms with Crippen LogP contribution < -0.4 is 0 Å². The average molecular weight is 258 g/mol. The van der Waals surface area contributed by atoms with Crippen molar-refractivity contribution in [3.8, 4) is 11.5 Å². The maximum atomic E-state index is 9.28.